The number of hydrogen-bond donors (Lipinski definition) is 1. The van der Waals surface area contributed by atoms with Crippen LogP contribution in [-0.4, -0.2) is 71.5 Å². The minimum atomic E-state index is 0.0784. The SMILES string of the molecule is CC1CCC(N(C(=O)Nc2ncc(SCCCN3CCOCC3)s2)C2CCCCC2)CC1. The van der Waals surface area contributed by atoms with Crippen molar-refractivity contribution in [3.63, 3.8) is 0 Å². The first-order chi connectivity index (χ1) is 15.7. The third-order valence-corrected chi connectivity index (χ3v) is 9.44. The van der Waals surface area contributed by atoms with E-state index in [1.54, 1.807) is 11.3 Å². The van der Waals surface area contributed by atoms with Gasteiger partial charge in [-0.3, -0.25) is 10.2 Å². The molecule has 8 heteroatoms. The topological polar surface area (TPSA) is 57.7 Å². The summed E-state index contributed by atoms with van der Waals surface area (Å²) in [6.07, 6.45) is 14.0. The lowest BCUT2D eigenvalue weighted by Gasteiger charge is -2.42. The van der Waals surface area contributed by atoms with Crippen LogP contribution in [0.15, 0.2) is 10.4 Å². The Balaban J connectivity index is 1.27. The summed E-state index contributed by atoms with van der Waals surface area (Å²) < 4.78 is 6.61. The van der Waals surface area contributed by atoms with Gasteiger partial charge in [-0.15, -0.1) is 11.8 Å². The van der Waals surface area contributed by atoms with Crippen LogP contribution in [0.3, 0.4) is 0 Å². The van der Waals surface area contributed by atoms with Crippen molar-refractivity contribution in [1.29, 1.82) is 0 Å². The van der Waals surface area contributed by atoms with Crippen LogP contribution < -0.4 is 5.32 Å². The van der Waals surface area contributed by atoms with E-state index in [1.165, 1.54) is 42.7 Å². The van der Waals surface area contributed by atoms with E-state index >= 15 is 0 Å². The fourth-order valence-electron chi connectivity index (χ4n) is 5.34. The number of nitrogens with zero attached hydrogens (tertiary/aromatic N) is 3. The minimum Gasteiger partial charge on any atom is -0.379 e. The van der Waals surface area contributed by atoms with Crippen molar-refractivity contribution < 1.29 is 9.53 Å². The maximum absolute atomic E-state index is 13.4. The summed E-state index contributed by atoms with van der Waals surface area (Å²) in [6.45, 7) is 7.31. The second kappa shape index (κ2) is 12.6. The van der Waals surface area contributed by atoms with Crippen molar-refractivity contribution >= 4 is 34.3 Å². The van der Waals surface area contributed by atoms with Crippen LogP contribution in [0.5, 0.6) is 0 Å². The highest BCUT2D eigenvalue weighted by molar-refractivity contribution is 8.01. The number of amides is 2. The monoisotopic (exact) mass is 480 g/mol. The molecule has 0 bridgehead atoms. The molecule has 0 atom stereocenters. The van der Waals surface area contributed by atoms with Crippen LogP contribution in [0, 0.1) is 5.92 Å². The molecular formula is C24H40N4O2S2. The third kappa shape index (κ3) is 7.08. The Labute approximate surface area is 201 Å². The summed E-state index contributed by atoms with van der Waals surface area (Å²) in [6, 6.07) is 0.870. The standard InChI is InChI=1S/C24H40N4O2S2/c1-19-8-10-21(11-9-19)28(20-6-3-2-4-7-20)24(29)26-23-25-18-22(32-23)31-17-5-12-27-13-15-30-16-14-27/h18-21H,2-17H2,1H3,(H,25,26,29). The van der Waals surface area contributed by atoms with Crippen molar-refractivity contribution in [1.82, 2.24) is 14.8 Å². The molecule has 0 unspecified atom stereocenters. The lowest BCUT2D eigenvalue weighted by molar-refractivity contribution is 0.0381. The van der Waals surface area contributed by atoms with Crippen LogP contribution in [0.1, 0.15) is 71.1 Å². The van der Waals surface area contributed by atoms with Gasteiger partial charge in [0.2, 0.25) is 0 Å². The van der Waals surface area contributed by atoms with E-state index in [9.17, 15) is 4.79 Å². The summed E-state index contributed by atoms with van der Waals surface area (Å²) in [5.74, 6) is 1.88. The smallest absolute Gasteiger partial charge is 0.324 e. The Bertz CT molecular complexity index is 696. The van der Waals surface area contributed by atoms with Crippen LogP contribution in [-0.2, 0) is 4.74 Å². The van der Waals surface area contributed by atoms with Crippen LogP contribution >= 0.6 is 23.1 Å². The number of urea groups is 1. The van der Waals surface area contributed by atoms with Gasteiger partial charge < -0.3 is 9.64 Å². The molecule has 32 heavy (non-hydrogen) atoms. The largest absolute Gasteiger partial charge is 0.379 e. The van der Waals surface area contributed by atoms with Crippen molar-refractivity contribution in [2.75, 3.05) is 43.9 Å². The number of aromatic nitrogens is 1. The zero-order valence-electron chi connectivity index (χ0n) is 19.6. The van der Waals surface area contributed by atoms with Crippen molar-refractivity contribution in [3.8, 4) is 0 Å². The molecule has 0 spiro atoms. The molecule has 2 saturated carbocycles. The number of morpholine rings is 1. The molecule has 1 N–H and O–H groups in total. The highest BCUT2D eigenvalue weighted by Gasteiger charge is 2.34. The number of hydrogen-bond acceptors (Lipinski definition) is 6. The number of carbonyl (C=O) groups is 1. The molecule has 3 fully saturated rings. The molecule has 1 aromatic rings. The Morgan fingerprint density at radius 1 is 1.16 bits per heavy atom. The fraction of sp³-hybridized carbons (Fsp3) is 0.833. The minimum absolute atomic E-state index is 0.0784. The summed E-state index contributed by atoms with van der Waals surface area (Å²) >= 11 is 3.47. The van der Waals surface area contributed by atoms with Crippen molar-refractivity contribution in [2.24, 2.45) is 5.92 Å². The lowest BCUT2D eigenvalue weighted by atomic mass is 9.84. The van der Waals surface area contributed by atoms with E-state index in [2.05, 4.69) is 27.0 Å². The lowest BCUT2D eigenvalue weighted by Crippen LogP contribution is -2.51. The highest BCUT2D eigenvalue weighted by Crippen LogP contribution is 2.34. The van der Waals surface area contributed by atoms with Crippen LogP contribution in [0.25, 0.3) is 0 Å². The van der Waals surface area contributed by atoms with E-state index in [1.807, 2.05) is 18.0 Å². The molecular weight excluding hydrogens is 440 g/mol. The molecule has 0 radical (unpaired) electrons. The predicted molar refractivity (Wildman–Crippen MR) is 134 cm³/mol. The van der Waals surface area contributed by atoms with Gasteiger partial charge in [-0.25, -0.2) is 9.78 Å². The normalized spacial score (nSPS) is 25.5. The van der Waals surface area contributed by atoms with Gasteiger partial charge in [0.05, 0.1) is 23.6 Å². The van der Waals surface area contributed by atoms with Gasteiger partial charge in [0.25, 0.3) is 0 Å². The van der Waals surface area contributed by atoms with Gasteiger partial charge in [-0.2, -0.15) is 0 Å². The second-order valence-electron chi connectivity index (χ2n) is 9.68. The molecule has 1 saturated heterocycles. The molecule has 2 heterocycles. The summed E-state index contributed by atoms with van der Waals surface area (Å²) in [4.78, 5) is 22.6. The predicted octanol–water partition coefficient (Wildman–Crippen LogP) is 5.70. The number of ether oxygens (including phenoxy) is 1. The zero-order chi connectivity index (χ0) is 22.2. The molecule has 6 nitrogen and oxygen atoms in total. The Hall–Kier alpha value is -0.830. The van der Waals surface area contributed by atoms with E-state index in [0.29, 0.717) is 12.1 Å². The number of rotatable bonds is 8. The molecule has 4 rings (SSSR count). The van der Waals surface area contributed by atoms with E-state index < -0.39 is 0 Å². The van der Waals surface area contributed by atoms with Gasteiger partial charge in [0, 0.05) is 30.9 Å². The molecule has 3 aliphatic rings. The van der Waals surface area contributed by atoms with Gasteiger partial charge in [-0.05, 0) is 57.4 Å². The number of nitrogens with one attached hydrogen (secondary N) is 1. The van der Waals surface area contributed by atoms with E-state index in [4.69, 9.17) is 4.74 Å². The summed E-state index contributed by atoms with van der Waals surface area (Å²) in [5.41, 5.74) is 0. The maximum atomic E-state index is 13.4. The number of thioether (sulfide) groups is 1. The first kappa shape index (κ1) is 24.3. The molecule has 0 aromatic carbocycles. The van der Waals surface area contributed by atoms with Crippen LogP contribution in [0.4, 0.5) is 9.93 Å². The third-order valence-electron chi connectivity index (χ3n) is 7.25. The Morgan fingerprint density at radius 3 is 2.62 bits per heavy atom. The van der Waals surface area contributed by atoms with Crippen molar-refractivity contribution in [2.45, 2.75) is 87.4 Å². The first-order valence-corrected chi connectivity index (χ1v) is 14.5. The Kier molecular flexibility index (Phi) is 9.55. The van der Waals surface area contributed by atoms with Crippen molar-refractivity contribution in [3.05, 3.63) is 6.20 Å². The van der Waals surface area contributed by atoms with Gasteiger partial charge in [-0.1, -0.05) is 37.5 Å². The van der Waals surface area contributed by atoms with Gasteiger partial charge in [0.1, 0.15) is 0 Å². The molecule has 1 aromatic heterocycles. The van der Waals surface area contributed by atoms with Gasteiger partial charge >= 0.3 is 6.03 Å². The number of carbonyl (C=O) groups excluding carboxylic acids is 1. The average molecular weight is 481 g/mol. The van der Waals surface area contributed by atoms with E-state index in [-0.39, 0.29) is 6.03 Å². The first-order valence-electron chi connectivity index (χ1n) is 12.7. The molecule has 1 aliphatic heterocycles. The Morgan fingerprint density at radius 2 is 1.88 bits per heavy atom. The quantitative estimate of drug-likeness (QED) is 0.382. The van der Waals surface area contributed by atoms with Gasteiger partial charge in [0.15, 0.2) is 5.13 Å². The summed E-state index contributed by atoms with van der Waals surface area (Å²) in [5, 5.41) is 3.92. The molecule has 2 aliphatic carbocycles. The maximum Gasteiger partial charge on any atom is 0.324 e. The number of anilines is 1. The highest BCUT2D eigenvalue weighted by atomic mass is 32.2. The average Bonchev–Trinajstić information content (AvgIpc) is 3.27. The van der Waals surface area contributed by atoms with E-state index in [0.717, 1.165) is 75.3 Å². The fourth-order valence-corrected chi connectivity index (χ4v) is 7.20. The molecule has 180 valence electrons. The zero-order valence-corrected chi connectivity index (χ0v) is 21.2. The summed E-state index contributed by atoms with van der Waals surface area (Å²) in [7, 11) is 0. The second-order valence-corrected chi connectivity index (χ2v) is 12.1. The number of thiazole rings is 1. The van der Waals surface area contributed by atoms with Crippen LogP contribution in [0.2, 0.25) is 0 Å². The molecule has 2 amide bonds.